The fourth-order valence-corrected chi connectivity index (χ4v) is 6.72. The molecule has 0 aromatic carbocycles. The summed E-state index contributed by atoms with van der Waals surface area (Å²) < 4.78 is 0. The van der Waals surface area contributed by atoms with Crippen LogP contribution in [0.15, 0.2) is 11.6 Å². The van der Waals surface area contributed by atoms with E-state index in [-0.39, 0.29) is 6.10 Å². The molecule has 3 aliphatic rings. The van der Waals surface area contributed by atoms with Crippen molar-refractivity contribution in [1.29, 1.82) is 0 Å². The normalized spacial score (nSPS) is 49.4. The average molecular weight is 305 g/mol. The van der Waals surface area contributed by atoms with Gasteiger partial charge in [-0.25, -0.2) is 0 Å². The first-order chi connectivity index (χ1) is 10.5. The Balaban J connectivity index is 1.83. The molecule has 22 heavy (non-hydrogen) atoms. The minimum Gasteiger partial charge on any atom is -0.393 e. The molecule has 0 radical (unpaired) electrons. The highest BCUT2D eigenvalue weighted by atomic mass is 16.3. The zero-order chi connectivity index (χ0) is 15.9. The van der Waals surface area contributed by atoms with Crippen LogP contribution in [-0.2, 0) is 0 Å². The second-order valence-electron chi connectivity index (χ2n) is 8.74. The highest BCUT2D eigenvalue weighted by Gasteiger charge is 2.51. The Kier molecular flexibility index (Phi) is 4.74. The molecule has 3 rings (SSSR count). The van der Waals surface area contributed by atoms with Crippen LogP contribution in [-0.4, -0.2) is 11.2 Å². The minimum absolute atomic E-state index is 0.00102. The highest BCUT2D eigenvalue weighted by molar-refractivity contribution is 5.16. The third-order valence-electron chi connectivity index (χ3n) is 8.09. The molecule has 0 bridgehead atoms. The summed E-state index contributed by atoms with van der Waals surface area (Å²) in [5.41, 5.74) is 2.06. The van der Waals surface area contributed by atoms with Crippen LogP contribution in [0, 0.1) is 35.0 Å². The van der Waals surface area contributed by atoms with E-state index in [4.69, 9.17) is 0 Å². The number of fused-ring (bicyclic) bond motifs is 3. The minimum atomic E-state index is -0.00102. The number of aliphatic hydroxyl groups is 1. The van der Waals surface area contributed by atoms with E-state index in [9.17, 15) is 5.11 Å². The Morgan fingerprint density at radius 1 is 1.09 bits per heavy atom. The van der Waals surface area contributed by atoms with Gasteiger partial charge in [0.25, 0.3) is 0 Å². The molecule has 7 atom stereocenters. The topological polar surface area (TPSA) is 20.2 Å². The Bertz CT molecular complexity index is 426. The van der Waals surface area contributed by atoms with Crippen LogP contribution >= 0.6 is 0 Å². The van der Waals surface area contributed by atoms with E-state index in [0.717, 1.165) is 42.4 Å². The van der Waals surface area contributed by atoms with E-state index in [1.165, 1.54) is 38.5 Å². The monoisotopic (exact) mass is 304 g/mol. The van der Waals surface area contributed by atoms with Crippen molar-refractivity contribution in [1.82, 2.24) is 0 Å². The molecule has 0 aromatic rings. The molecular weight excluding hydrogens is 268 g/mol. The molecule has 1 nitrogen and oxygen atoms in total. The van der Waals surface area contributed by atoms with Gasteiger partial charge in [0.05, 0.1) is 6.10 Å². The predicted molar refractivity (Wildman–Crippen MR) is 93.6 cm³/mol. The molecule has 3 aliphatic carbocycles. The third kappa shape index (κ3) is 2.58. The molecule has 0 heterocycles. The summed E-state index contributed by atoms with van der Waals surface area (Å²) in [5, 5.41) is 10.0. The van der Waals surface area contributed by atoms with Crippen molar-refractivity contribution in [2.45, 2.75) is 85.2 Å². The molecule has 0 amide bonds. The van der Waals surface area contributed by atoms with Crippen molar-refractivity contribution in [3.8, 4) is 0 Å². The fraction of sp³-hybridized carbons (Fsp3) is 0.905. The van der Waals surface area contributed by atoms with E-state index < -0.39 is 0 Å². The van der Waals surface area contributed by atoms with Gasteiger partial charge in [-0.05, 0) is 93.8 Å². The quantitative estimate of drug-likeness (QED) is 0.660. The van der Waals surface area contributed by atoms with Crippen molar-refractivity contribution in [3.63, 3.8) is 0 Å². The van der Waals surface area contributed by atoms with E-state index in [2.05, 4.69) is 33.8 Å². The summed E-state index contributed by atoms with van der Waals surface area (Å²) in [6.45, 7) is 9.55. The van der Waals surface area contributed by atoms with Crippen molar-refractivity contribution in [2.75, 3.05) is 0 Å². The van der Waals surface area contributed by atoms with Crippen molar-refractivity contribution in [2.24, 2.45) is 35.0 Å². The smallest absolute Gasteiger partial charge is 0.0543 e. The zero-order valence-corrected chi connectivity index (χ0v) is 15.1. The molecule has 3 fully saturated rings. The molecule has 1 N–H and O–H groups in total. The number of hydrogen-bond acceptors (Lipinski definition) is 1. The highest BCUT2D eigenvalue weighted by Crippen LogP contribution is 2.60. The van der Waals surface area contributed by atoms with Gasteiger partial charge in [0.2, 0.25) is 0 Å². The molecule has 0 aliphatic heterocycles. The maximum absolute atomic E-state index is 10.0. The SMILES string of the molecule is C/C=C(/C)C1(C)CCC2C3CCC(O)CC3CCC2C1CC. The first-order valence-electron chi connectivity index (χ1n) is 9.82. The Hall–Kier alpha value is -0.300. The standard InChI is InChI=1S/C21H36O/c1-5-14(3)21(4)12-11-18-17-10-8-16(22)13-15(17)7-9-19(18)20(21)6-2/h5,15-20,22H,6-13H2,1-4H3/b14-5-. The molecule has 1 heteroatoms. The molecule has 0 aromatic heterocycles. The lowest BCUT2D eigenvalue weighted by atomic mass is 9.48. The van der Waals surface area contributed by atoms with Crippen LogP contribution in [0.2, 0.25) is 0 Å². The van der Waals surface area contributed by atoms with Gasteiger partial charge >= 0.3 is 0 Å². The lowest BCUT2D eigenvalue weighted by Crippen LogP contribution is -2.49. The van der Waals surface area contributed by atoms with Crippen LogP contribution in [0.1, 0.15) is 79.1 Å². The average Bonchev–Trinajstić information content (AvgIpc) is 2.53. The fourth-order valence-electron chi connectivity index (χ4n) is 6.72. The summed E-state index contributed by atoms with van der Waals surface area (Å²) >= 11 is 0. The molecule has 0 spiro atoms. The largest absolute Gasteiger partial charge is 0.393 e. The van der Waals surface area contributed by atoms with Gasteiger partial charge < -0.3 is 5.11 Å². The van der Waals surface area contributed by atoms with Crippen LogP contribution < -0.4 is 0 Å². The molecule has 7 unspecified atom stereocenters. The number of allylic oxidation sites excluding steroid dienone is 2. The molecular formula is C21H36O. The summed E-state index contributed by atoms with van der Waals surface area (Å²) in [5.74, 6) is 4.51. The zero-order valence-electron chi connectivity index (χ0n) is 15.1. The first kappa shape index (κ1) is 16.6. The van der Waals surface area contributed by atoms with E-state index in [0.29, 0.717) is 5.41 Å². The van der Waals surface area contributed by atoms with Gasteiger partial charge in [-0.3, -0.25) is 0 Å². The van der Waals surface area contributed by atoms with E-state index in [1.54, 1.807) is 5.57 Å². The van der Waals surface area contributed by atoms with Gasteiger partial charge in [-0.2, -0.15) is 0 Å². The first-order valence-corrected chi connectivity index (χ1v) is 9.82. The van der Waals surface area contributed by atoms with Crippen LogP contribution in [0.5, 0.6) is 0 Å². The lowest BCUT2D eigenvalue weighted by molar-refractivity contribution is -0.0691. The summed E-state index contributed by atoms with van der Waals surface area (Å²) in [6, 6.07) is 0. The predicted octanol–water partition coefficient (Wildman–Crippen LogP) is 5.58. The lowest BCUT2D eigenvalue weighted by Gasteiger charge is -2.57. The maximum atomic E-state index is 10.0. The molecule has 3 saturated carbocycles. The summed E-state index contributed by atoms with van der Waals surface area (Å²) in [7, 11) is 0. The van der Waals surface area contributed by atoms with E-state index in [1.807, 2.05) is 0 Å². The Labute approximate surface area is 137 Å². The van der Waals surface area contributed by atoms with Gasteiger partial charge in [0, 0.05) is 0 Å². The van der Waals surface area contributed by atoms with Crippen molar-refractivity contribution >= 4 is 0 Å². The van der Waals surface area contributed by atoms with Gasteiger partial charge in [0.1, 0.15) is 0 Å². The second-order valence-corrected chi connectivity index (χ2v) is 8.74. The van der Waals surface area contributed by atoms with E-state index >= 15 is 0 Å². The van der Waals surface area contributed by atoms with Gasteiger partial charge in [-0.15, -0.1) is 0 Å². The van der Waals surface area contributed by atoms with Crippen LogP contribution in [0.25, 0.3) is 0 Å². The second kappa shape index (κ2) is 6.30. The Morgan fingerprint density at radius 2 is 1.82 bits per heavy atom. The molecule has 0 saturated heterocycles. The van der Waals surface area contributed by atoms with Gasteiger partial charge in [0.15, 0.2) is 0 Å². The van der Waals surface area contributed by atoms with Crippen LogP contribution in [0.3, 0.4) is 0 Å². The maximum Gasteiger partial charge on any atom is 0.0543 e. The molecule has 126 valence electrons. The number of rotatable bonds is 2. The van der Waals surface area contributed by atoms with Gasteiger partial charge in [-0.1, -0.05) is 31.9 Å². The van der Waals surface area contributed by atoms with Crippen molar-refractivity contribution in [3.05, 3.63) is 11.6 Å². The Morgan fingerprint density at radius 3 is 2.50 bits per heavy atom. The number of aliphatic hydroxyl groups excluding tert-OH is 1. The number of hydrogen-bond donors (Lipinski definition) is 1. The van der Waals surface area contributed by atoms with Crippen LogP contribution in [0.4, 0.5) is 0 Å². The summed E-state index contributed by atoms with van der Waals surface area (Å²) in [4.78, 5) is 0. The van der Waals surface area contributed by atoms with Crippen molar-refractivity contribution < 1.29 is 5.11 Å². The third-order valence-corrected chi connectivity index (χ3v) is 8.09. The summed E-state index contributed by atoms with van der Waals surface area (Å²) in [6.07, 6.45) is 12.8.